The van der Waals surface area contributed by atoms with Gasteiger partial charge in [-0.15, -0.1) is 12.4 Å². The topological polar surface area (TPSA) is 61.9 Å². The predicted molar refractivity (Wildman–Crippen MR) is 79.0 cm³/mol. The third-order valence-electron chi connectivity index (χ3n) is 2.75. The average Bonchev–Trinajstić information content (AvgIpc) is 2.81. The molecule has 1 aliphatic heterocycles. The first kappa shape index (κ1) is 14.8. The summed E-state index contributed by atoms with van der Waals surface area (Å²) in [5.74, 6) is 2.69. The van der Waals surface area contributed by atoms with E-state index in [1.54, 1.807) is 0 Å². The number of hydrogen-bond donors (Lipinski definition) is 3. The molecule has 5 nitrogen and oxygen atoms in total. The normalized spacial score (nSPS) is 12.3. The van der Waals surface area contributed by atoms with Crippen molar-refractivity contribution in [1.82, 2.24) is 9.97 Å². The first-order valence-corrected chi connectivity index (χ1v) is 6.47. The van der Waals surface area contributed by atoms with Crippen LogP contribution in [0.5, 0.6) is 0 Å². The zero-order valence-electron chi connectivity index (χ0n) is 11.0. The van der Waals surface area contributed by atoms with E-state index in [4.69, 9.17) is 0 Å². The van der Waals surface area contributed by atoms with Gasteiger partial charge >= 0.3 is 0 Å². The summed E-state index contributed by atoms with van der Waals surface area (Å²) in [6.45, 7) is 7.11. The van der Waals surface area contributed by atoms with Gasteiger partial charge in [0.1, 0.15) is 11.6 Å². The fraction of sp³-hybridized carbons (Fsp3) is 0.667. The van der Waals surface area contributed by atoms with Crippen molar-refractivity contribution in [2.45, 2.75) is 33.1 Å². The largest absolute Gasteiger partial charge is 0.370 e. The molecule has 0 saturated carbocycles. The molecule has 1 aliphatic rings. The molecular formula is C12H22ClN5. The number of anilines is 3. The van der Waals surface area contributed by atoms with Gasteiger partial charge in [-0.3, -0.25) is 0 Å². The summed E-state index contributed by atoms with van der Waals surface area (Å²) in [4.78, 5) is 9.03. The van der Waals surface area contributed by atoms with Gasteiger partial charge in [0.25, 0.3) is 0 Å². The van der Waals surface area contributed by atoms with Crippen LogP contribution in [0.15, 0.2) is 0 Å². The van der Waals surface area contributed by atoms with Crippen molar-refractivity contribution in [2.24, 2.45) is 0 Å². The van der Waals surface area contributed by atoms with E-state index in [2.05, 4.69) is 39.8 Å². The molecule has 0 amide bonds. The van der Waals surface area contributed by atoms with Crippen molar-refractivity contribution >= 4 is 30.0 Å². The number of halogens is 1. The molecule has 3 N–H and O–H groups in total. The fourth-order valence-electron chi connectivity index (χ4n) is 1.88. The second-order valence-electron chi connectivity index (χ2n) is 4.25. The van der Waals surface area contributed by atoms with E-state index >= 15 is 0 Å². The van der Waals surface area contributed by atoms with Crippen LogP contribution in [0.1, 0.15) is 32.3 Å². The van der Waals surface area contributed by atoms with Crippen LogP contribution < -0.4 is 16.0 Å². The second kappa shape index (κ2) is 7.26. The summed E-state index contributed by atoms with van der Waals surface area (Å²) in [6.07, 6.45) is 3.19. The maximum Gasteiger partial charge on any atom is 0.226 e. The van der Waals surface area contributed by atoms with Crippen molar-refractivity contribution in [1.29, 1.82) is 0 Å². The highest BCUT2D eigenvalue weighted by Gasteiger charge is 2.18. The number of nitrogens with one attached hydrogen (secondary N) is 3. The Morgan fingerprint density at radius 1 is 1.11 bits per heavy atom. The van der Waals surface area contributed by atoms with Gasteiger partial charge < -0.3 is 16.0 Å². The smallest absolute Gasteiger partial charge is 0.226 e. The monoisotopic (exact) mass is 271 g/mol. The highest BCUT2D eigenvalue weighted by Crippen LogP contribution is 2.27. The third kappa shape index (κ3) is 3.38. The van der Waals surface area contributed by atoms with Gasteiger partial charge in [0.05, 0.1) is 0 Å². The minimum atomic E-state index is 0. The molecule has 0 aromatic carbocycles. The van der Waals surface area contributed by atoms with Gasteiger partial charge in [0, 0.05) is 25.2 Å². The van der Waals surface area contributed by atoms with E-state index in [1.807, 2.05) is 0 Å². The van der Waals surface area contributed by atoms with Crippen LogP contribution >= 0.6 is 12.4 Å². The summed E-state index contributed by atoms with van der Waals surface area (Å²) in [5.41, 5.74) is 1.22. The standard InChI is InChI=1S/C12H21N5.ClH/c1-3-6-13-10-9-5-8-14-11(9)17-12(16-10)15-7-4-2;/h3-8H2,1-2H3,(H3,13,14,15,16,17);1H. The van der Waals surface area contributed by atoms with Crippen LogP contribution in [-0.4, -0.2) is 29.6 Å². The van der Waals surface area contributed by atoms with Gasteiger partial charge in [0.2, 0.25) is 5.95 Å². The number of aromatic nitrogens is 2. The fourth-order valence-corrected chi connectivity index (χ4v) is 1.88. The third-order valence-corrected chi connectivity index (χ3v) is 2.75. The summed E-state index contributed by atoms with van der Waals surface area (Å²) < 4.78 is 0. The minimum Gasteiger partial charge on any atom is -0.370 e. The van der Waals surface area contributed by atoms with E-state index < -0.39 is 0 Å². The van der Waals surface area contributed by atoms with Crippen molar-refractivity contribution in [3.05, 3.63) is 5.56 Å². The van der Waals surface area contributed by atoms with Crippen LogP contribution in [0.3, 0.4) is 0 Å². The SMILES string of the molecule is CCCNc1nc(NCCC)c2c(n1)NCC2.Cl. The van der Waals surface area contributed by atoms with E-state index in [0.717, 1.165) is 56.5 Å². The van der Waals surface area contributed by atoms with E-state index in [0.29, 0.717) is 0 Å². The molecule has 0 radical (unpaired) electrons. The van der Waals surface area contributed by atoms with Crippen molar-refractivity contribution in [3.63, 3.8) is 0 Å². The van der Waals surface area contributed by atoms with Crippen LogP contribution in [0.4, 0.5) is 17.6 Å². The summed E-state index contributed by atoms with van der Waals surface area (Å²) >= 11 is 0. The molecule has 0 atom stereocenters. The molecule has 0 spiro atoms. The van der Waals surface area contributed by atoms with Crippen LogP contribution in [0.25, 0.3) is 0 Å². The Kier molecular flexibility index (Phi) is 5.98. The molecule has 0 saturated heterocycles. The van der Waals surface area contributed by atoms with Crippen molar-refractivity contribution in [3.8, 4) is 0 Å². The molecule has 18 heavy (non-hydrogen) atoms. The lowest BCUT2D eigenvalue weighted by molar-refractivity contribution is 0.936. The van der Waals surface area contributed by atoms with Crippen LogP contribution in [0.2, 0.25) is 0 Å². The van der Waals surface area contributed by atoms with Gasteiger partial charge in [-0.05, 0) is 19.3 Å². The molecule has 6 heteroatoms. The van der Waals surface area contributed by atoms with Crippen LogP contribution in [-0.2, 0) is 6.42 Å². The van der Waals surface area contributed by atoms with Gasteiger partial charge in [-0.1, -0.05) is 13.8 Å². The Bertz CT molecular complexity index is 383. The van der Waals surface area contributed by atoms with Crippen molar-refractivity contribution < 1.29 is 0 Å². The molecule has 102 valence electrons. The molecule has 0 unspecified atom stereocenters. The quantitative estimate of drug-likeness (QED) is 0.742. The first-order valence-electron chi connectivity index (χ1n) is 6.47. The number of nitrogens with zero attached hydrogens (tertiary/aromatic N) is 2. The Morgan fingerprint density at radius 2 is 1.83 bits per heavy atom. The van der Waals surface area contributed by atoms with Crippen molar-refractivity contribution in [2.75, 3.05) is 35.6 Å². The Hall–Kier alpha value is -1.23. The number of rotatable bonds is 6. The summed E-state index contributed by atoms with van der Waals surface area (Å²) in [5, 5.41) is 9.92. The van der Waals surface area contributed by atoms with E-state index in [9.17, 15) is 0 Å². The molecule has 0 fully saturated rings. The predicted octanol–water partition coefficient (Wildman–Crippen LogP) is 2.51. The van der Waals surface area contributed by atoms with E-state index in [1.165, 1.54) is 5.56 Å². The Labute approximate surface area is 115 Å². The highest BCUT2D eigenvalue weighted by molar-refractivity contribution is 5.85. The van der Waals surface area contributed by atoms with Crippen LogP contribution in [0, 0.1) is 0 Å². The molecular weight excluding hydrogens is 250 g/mol. The van der Waals surface area contributed by atoms with Gasteiger partial charge in [-0.25, -0.2) is 0 Å². The Balaban J connectivity index is 0.00000162. The lowest BCUT2D eigenvalue weighted by atomic mass is 10.2. The summed E-state index contributed by atoms with van der Waals surface area (Å²) in [7, 11) is 0. The lowest BCUT2D eigenvalue weighted by Crippen LogP contribution is -2.10. The summed E-state index contributed by atoms with van der Waals surface area (Å²) in [6, 6.07) is 0. The van der Waals surface area contributed by atoms with E-state index in [-0.39, 0.29) is 12.4 Å². The molecule has 0 aliphatic carbocycles. The zero-order valence-corrected chi connectivity index (χ0v) is 11.9. The number of fused-ring (bicyclic) bond motifs is 1. The number of hydrogen-bond acceptors (Lipinski definition) is 5. The molecule has 2 rings (SSSR count). The highest BCUT2D eigenvalue weighted by atomic mass is 35.5. The molecule has 1 aromatic heterocycles. The van der Waals surface area contributed by atoms with Gasteiger partial charge in [0.15, 0.2) is 0 Å². The maximum atomic E-state index is 4.55. The second-order valence-corrected chi connectivity index (χ2v) is 4.25. The molecule has 2 heterocycles. The zero-order chi connectivity index (χ0) is 12.1. The first-order chi connectivity index (χ1) is 8.35. The molecule has 0 bridgehead atoms. The van der Waals surface area contributed by atoms with Gasteiger partial charge in [-0.2, -0.15) is 9.97 Å². The maximum absolute atomic E-state index is 4.55. The minimum absolute atomic E-state index is 0. The average molecular weight is 272 g/mol. The lowest BCUT2D eigenvalue weighted by Gasteiger charge is -2.11. The Morgan fingerprint density at radius 3 is 2.56 bits per heavy atom. The molecule has 1 aromatic rings.